The van der Waals surface area contributed by atoms with Gasteiger partial charge in [0.15, 0.2) is 0 Å². The van der Waals surface area contributed by atoms with Gasteiger partial charge in [0.1, 0.15) is 0 Å². The number of halogens is 1. The van der Waals surface area contributed by atoms with Gasteiger partial charge in [-0.1, -0.05) is 12.1 Å². The molecule has 0 aliphatic carbocycles. The van der Waals surface area contributed by atoms with Crippen molar-refractivity contribution in [1.82, 2.24) is 9.97 Å². The number of benzene rings is 1. The highest BCUT2D eigenvalue weighted by Gasteiger charge is 2.15. The van der Waals surface area contributed by atoms with Crippen LogP contribution in [0.4, 0.5) is 5.95 Å². The Hall–Kier alpha value is -1.16. The van der Waals surface area contributed by atoms with Crippen molar-refractivity contribution in [1.29, 1.82) is 0 Å². The molecule has 0 bridgehead atoms. The SMILES string of the molecule is Brc1cccc2cnc(N3CCCC3)nc12. The number of nitrogens with zero attached hydrogens (tertiary/aromatic N) is 3. The van der Waals surface area contributed by atoms with Crippen LogP contribution in [0.25, 0.3) is 10.9 Å². The molecule has 1 aliphatic rings. The third-order valence-electron chi connectivity index (χ3n) is 2.94. The van der Waals surface area contributed by atoms with Crippen molar-refractivity contribution < 1.29 is 0 Å². The second-order valence-electron chi connectivity index (χ2n) is 4.04. The fourth-order valence-corrected chi connectivity index (χ4v) is 2.55. The summed E-state index contributed by atoms with van der Waals surface area (Å²) in [6, 6.07) is 6.06. The van der Waals surface area contributed by atoms with E-state index in [1.807, 2.05) is 24.4 Å². The van der Waals surface area contributed by atoms with Crippen LogP contribution in [0.15, 0.2) is 28.9 Å². The lowest BCUT2D eigenvalue weighted by Crippen LogP contribution is -2.20. The molecule has 16 heavy (non-hydrogen) atoms. The molecule has 0 radical (unpaired) electrons. The van der Waals surface area contributed by atoms with Crippen LogP contribution in [-0.2, 0) is 0 Å². The molecule has 0 spiro atoms. The summed E-state index contributed by atoms with van der Waals surface area (Å²) in [7, 11) is 0. The molecule has 4 heteroatoms. The second kappa shape index (κ2) is 4.01. The maximum absolute atomic E-state index is 4.62. The lowest BCUT2D eigenvalue weighted by molar-refractivity contribution is 0.907. The Balaban J connectivity index is 2.10. The van der Waals surface area contributed by atoms with Crippen LogP contribution < -0.4 is 4.90 Å². The van der Waals surface area contributed by atoms with Gasteiger partial charge in [-0.25, -0.2) is 9.97 Å². The summed E-state index contributed by atoms with van der Waals surface area (Å²) in [6.07, 6.45) is 4.40. The van der Waals surface area contributed by atoms with Gasteiger partial charge in [0.2, 0.25) is 5.95 Å². The van der Waals surface area contributed by atoms with Crippen LogP contribution in [0.1, 0.15) is 12.8 Å². The monoisotopic (exact) mass is 277 g/mol. The molecule has 3 rings (SSSR count). The summed E-state index contributed by atoms with van der Waals surface area (Å²) in [5, 5.41) is 1.08. The van der Waals surface area contributed by atoms with Gasteiger partial charge >= 0.3 is 0 Å². The predicted molar refractivity (Wildman–Crippen MR) is 68.7 cm³/mol. The topological polar surface area (TPSA) is 29.0 Å². The van der Waals surface area contributed by atoms with Crippen LogP contribution in [0.3, 0.4) is 0 Å². The molecule has 2 heterocycles. The van der Waals surface area contributed by atoms with Crippen molar-refractivity contribution in [2.45, 2.75) is 12.8 Å². The Labute approximate surface area is 103 Å². The molecule has 3 nitrogen and oxygen atoms in total. The van der Waals surface area contributed by atoms with Crippen molar-refractivity contribution in [3.63, 3.8) is 0 Å². The molecule has 1 aromatic heterocycles. The Bertz CT molecular complexity index is 521. The number of hydrogen-bond donors (Lipinski definition) is 0. The predicted octanol–water partition coefficient (Wildman–Crippen LogP) is 2.99. The van der Waals surface area contributed by atoms with E-state index in [-0.39, 0.29) is 0 Å². The maximum Gasteiger partial charge on any atom is 0.225 e. The van der Waals surface area contributed by atoms with Gasteiger partial charge in [-0.2, -0.15) is 0 Å². The zero-order valence-corrected chi connectivity index (χ0v) is 10.4. The average molecular weight is 278 g/mol. The minimum absolute atomic E-state index is 0.858. The fraction of sp³-hybridized carbons (Fsp3) is 0.333. The quantitative estimate of drug-likeness (QED) is 0.803. The smallest absolute Gasteiger partial charge is 0.225 e. The van der Waals surface area contributed by atoms with E-state index in [9.17, 15) is 0 Å². The molecule has 2 aromatic rings. The van der Waals surface area contributed by atoms with E-state index in [0.29, 0.717) is 0 Å². The van der Waals surface area contributed by atoms with Crippen LogP contribution >= 0.6 is 15.9 Å². The highest BCUT2D eigenvalue weighted by atomic mass is 79.9. The van der Waals surface area contributed by atoms with Crippen LogP contribution in [-0.4, -0.2) is 23.1 Å². The van der Waals surface area contributed by atoms with Crippen molar-refractivity contribution >= 4 is 32.8 Å². The average Bonchev–Trinajstić information content (AvgIpc) is 2.83. The highest BCUT2D eigenvalue weighted by Crippen LogP contribution is 2.24. The molecule has 0 N–H and O–H groups in total. The van der Waals surface area contributed by atoms with Crippen molar-refractivity contribution in [2.24, 2.45) is 0 Å². The molecule has 1 aliphatic heterocycles. The molecule has 1 fully saturated rings. The number of para-hydroxylation sites is 1. The Morgan fingerprint density at radius 3 is 2.81 bits per heavy atom. The van der Waals surface area contributed by atoms with E-state index in [1.54, 1.807) is 0 Å². The van der Waals surface area contributed by atoms with Crippen LogP contribution in [0, 0.1) is 0 Å². The molecule has 0 saturated carbocycles. The zero-order chi connectivity index (χ0) is 11.0. The summed E-state index contributed by atoms with van der Waals surface area (Å²) in [5.74, 6) is 0.858. The summed E-state index contributed by atoms with van der Waals surface area (Å²) in [4.78, 5) is 11.3. The minimum Gasteiger partial charge on any atom is -0.341 e. The van der Waals surface area contributed by atoms with Gasteiger partial charge in [0.25, 0.3) is 0 Å². The van der Waals surface area contributed by atoms with E-state index in [2.05, 4.69) is 30.8 Å². The first kappa shape index (κ1) is 10.0. The Morgan fingerprint density at radius 2 is 2.00 bits per heavy atom. The highest BCUT2D eigenvalue weighted by molar-refractivity contribution is 9.10. The van der Waals surface area contributed by atoms with E-state index < -0.39 is 0 Å². The molecule has 0 atom stereocenters. The summed E-state index contributed by atoms with van der Waals surface area (Å²) >= 11 is 3.53. The van der Waals surface area contributed by atoms with Gasteiger partial charge in [0.05, 0.1) is 5.52 Å². The first-order valence-electron chi connectivity index (χ1n) is 5.51. The Morgan fingerprint density at radius 1 is 1.19 bits per heavy atom. The van der Waals surface area contributed by atoms with Gasteiger partial charge in [-0.15, -0.1) is 0 Å². The standard InChI is InChI=1S/C12H12BrN3/c13-10-5-3-4-9-8-14-12(15-11(9)10)16-6-1-2-7-16/h3-5,8H,1-2,6-7H2. The molecular formula is C12H12BrN3. The molecule has 82 valence electrons. The van der Waals surface area contributed by atoms with Crippen molar-refractivity contribution in [3.8, 4) is 0 Å². The van der Waals surface area contributed by atoms with E-state index in [0.717, 1.165) is 34.4 Å². The van der Waals surface area contributed by atoms with Crippen LogP contribution in [0.2, 0.25) is 0 Å². The lowest BCUT2D eigenvalue weighted by Gasteiger charge is -2.15. The number of anilines is 1. The van der Waals surface area contributed by atoms with Crippen molar-refractivity contribution in [3.05, 3.63) is 28.9 Å². The van der Waals surface area contributed by atoms with Crippen LogP contribution in [0.5, 0.6) is 0 Å². The van der Waals surface area contributed by atoms with E-state index >= 15 is 0 Å². The zero-order valence-electron chi connectivity index (χ0n) is 8.86. The third-order valence-corrected chi connectivity index (χ3v) is 3.58. The first-order chi connectivity index (χ1) is 7.84. The van der Waals surface area contributed by atoms with Gasteiger partial charge in [-0.05, 0) is 34.8 Å². The molecule has 1 saturated heterocycles. The summed E-state index contributed by atoms with van der Waals surface area (Å²) in [5.41, 5.74) is 0.999. The van der Waals surface area contributed by atoms with E-state index in [4.69, 9.17) is 0 Å². The normalized spacial score (nSPS) is 15.9. The van der Waals surface area contributed by atoms with Gasteiger partial charge < -0.3 is 4.90 Å². The summed E-state index contributed by atoms with van der Waals surface area (Å²) < 4.78 is 1.04. The minimum atomic E-state index is 0.858. The number of aromatic nitrogens is 2. The first-order valence-corrected chi connectivity index (χ1v) is 6.30. The van der Waals surface area contributed by atoms with Gasteiger partial charge in [0, 0.05) is 29.1 Å². The number of hydrogen-bond acceptors (Lipinski definition) is 3. The lowest BCUT2D eigenvalue weighted by atomic mass is 10.2. The van der Waals surface area contributed by atoms with Crippen molar-refractivity contribution in [2.75, 3.05) is 18.0 Å². The molecule has 1 aromatic carbocycles. The molecular weight excluding hydrogens is 266 g/mol. The molecule has 0 amide bonds. The maximum atomic E-state index is 4.62. The van der Waals surface area contributed by atoms with Gasteiger partial charge in [-0.3, -0.25) is 0 Å². The number of fused-ring (bicyclic) bond motifs is 1. The summed E-state index contributed by atoms with van der Waals surface area (Å²) in [6.45, 7) is 2.16. The largest absolute Gasteiger partial charge is 0.341 e. The Kier molecular flexibility index (Phi) is 2.52. The van der Waals surface area contributed by atoms with E-state index in [1.165, 1.54) is 12.8 Å². The fourth-order valence-electron chi connectivity index (χ4n) is 2.08. The molecule has 0 unspecified atom stereocenters. The third kappa shape index (κ3) is 1.67. The second-order valence-corrected chi connectivity index (χ2v) is 4.90. The number of rotatable bonds is 1.